The largest absolute Gasteiger partial charge is 0.444 e. The van der Waals surface area contributed by atoms with Crippen LogP contribution >= 0.6 is 0 Å². The minimum Gasteiger partial charge on any atom is -0.444 e. The van der Waals surface area contributed by atoms with Crippen LogP contribution in [0.2, 0.25) is 0 Å². The second-order valence-electron chi connectivity index (χ2n) is 7.86. The van der Waals surface area contributed by atoms with Gasteiger partial charge in [-0.3, -0.25) is 0 Å². The molecule has 0 heterocycles. The number of carbonyl (C=O) groups is 1. The van der Waals surface area contributed by atoms with Gasteiger partial charge in [0.15, 0.2) is 0 Å². The molecule has 0 bridgehead atoms. The van der Waals surface area contributed by atoms with Crippen LogP contribution in [0, 0.1) is 23.7 Å². The fraction of sp³-hybridized carbons (Fsp3) is 0.941. The smallest absolute Gasteiger partial charge is 0.407 e. The monoisotopic (exact) mass is 298 g/mol. The molecule has 0 aromatic heterocycles. The van der Waals surface area contributed by atoms with Crippen LogP contribution in [-0.4, -0.2) is 31.3 Å². The topological polar surface area (TPSA) is 50.4 Å². The Morgan fingerprint density at radius 2 is 1.76 bits per heavy atom. The van der Waals surface area contributed by atoms with E-state index in [2.05, 4.69) is 31.4 Å². The highest BCUT2D eigenvalue weighted by molar-refractivity contribution is 5.67. The van der Waals surface area contributed by atoms with Gasteiger partial charge < -0.3 is 15.4 Å². The van der Waals surface area contributed by atoms with Crippen LogP contribution in [0.3, 0.4) is 0 Å². The molecule has 0 aromatic rings. The first kappa shape index (κ1) is 18.3. The summed E-state index contributed by atoms with van der Waals surface area (Å²) in [4.78, 5) is 11.7. The van der Waals surface area contributed by atoms with Crippen LogP contribution < -0.4 is 10.6 Å². The Hall–Kier alpha value is -0.770. The highest BCUT2D eigenvalue weighted by Gasteiger charge is 2.27. The van der Waals surface area contributed by atoms with Gasteiger partial charge in [0.2, 0.25) is 0 Å². The zero-order valence-electron chi connectivity index (χ0n) is 14.7. The average Bonchev–Trinajstić information content (AvgIpc) is 3.14. The second-order valence-corrected chi connectivity index (χ2v) is 7.86. The van der Waals surface area contributed by atoms with Gasteiger partial charge in [-0.15, -0.1) is 0 Å². The Kier molecular flexibility index (Phi) is 6.98. The minimum absolute atomic E-state index is 0.320. The van der Waals surface area contributed by atoms with Crippen LogP contribution in [0.1, 0.15) is 54.4 Å². The molecule has 2 unspecified atom stereocenters. The zero-order chi connectivity index (χ0) is 16.0. The van der Waals surface area contributed by atoms with Crippen LogP contribution in [0.4, 0.5) is 4.79 Å². The van der Waals surface area contributed by atoms with Crippen molar-refractivity contribution in [3.63, 3.8) is 0 Å². The standard InChI is InChI=1S/C17H34N2O2/c1-12(2)15(10-18-9-13(3)14-7-8-14)11-19-16(20)21-17(4,5)6/h12-15,18H,7-11H2,1-6H3,(H,19,20). The number of nitrogens with one attached hydrogen (secondary N) is 2. The molecule has 2 N–H and O–H groups in total. The molecule has 124 valence electrons. The molecule has 1 rings (SSSR count). The van der Waals surface area contributed by atoms with E-state index in [1.165, 1.54) is 12.8 Å². The number of rotatable bonds is 8. The van der Waals surface area contributed by atoms with E-state index >= 15 is 0 Å². The molecule has 21 heavy (non-hydrogen) atoms. The zero-order valence-corrected chi connectivity index (χ0v) is 14.7. The summed E-state index contributed by atoms with van der Waals surface area (Å²) in [5.41, 5.74) is -0.435. The second kappa shape index (κ2) is 8.02. The van der Waals surface area contributed by atoms with Gasteiger partial charge in [-0.1, -0.05) is 20.8 Å². The van der Waals surface area contributed by atoms with Gasteiger partial charge in [0.05, 0.1) is 0 Å². The van der Waals surface area contributed by atoms with E-state index in [9.17, 15) is 4.79 Å². The normalized spacial score (nSPS) is 18.4. The number of carbonyl (C=O) groups excluding carboxylic acids is 1. The maximum Gasteiger partial charge on any atom is 0.407 e. The Bertz CT molecular complexity index is 319. The minimum atomic E-state index is -0.435. The predicted molar refractivity (Wildman–Crippen MR) is 87.3 cm³/mol. The molecule has 1 aliphatic rings. The number of ether oxygens (including phenoxy) is 1. The van der Waals surface area contributed by atoms with E-state index in [1.54, 1.807) is 0 Å². The Morgan fingerprint density at radius 1 is 1.14 bits per heavy atom. The van der Waals surface area contributed by atoms with E-state index < -0.39 is 5.60 Å². The van der Waals surface area contributed by atoms with E-state index in [1.807, 2.05) is 20.8 Å². The molecule has 1 fully saturated rings. The predicted octanol–water partition coefficient (Wildman–Crippen LogP) is 3.42. The van der Waals surface area contributed by atoms with Crippen molar-refractivity contribution in [1.29, 1.82) is 0 Å². The fourth-order valence-electron chi connectivity index (χ4n) is 2.40. The molecule has 0 aromatic carbocycles. The van der Waals surface area contributed by atoms with Crippen molar-refractivity contribution in [3.8, 4) is 0 Å². The van der Waals surface area contributed by atoms with E-state index in [0.29, 0.717) is 18.4 Å². The summed E-state index contributed by atoms with van der Waals surface area (Å²) in [6.07, 6.45) is 2.48. The van der Waals surface area contributed by atoms with Crippen LogP contribution in [0.25, 0.3) is 0 Å². The summed E-state index contributed by atoms with van der Waals surface area (Å²) >= 11 is 0. The van der Waals surface area contributed by atoms with E-state index in [4.69, 9.17) is 4.74 Å². The number of hydrogen-bond donors (Lipinski definition) is 2. The molecular weight excluding hydrogens is 264 g/mol. The third kappa shape index (κ3) is 8.30. The SMILES string of the molecule is CC(C)C(CNCC(C)C1CC1)CNC(=O)OC(C)(C)C. The highest BCUT2D eigenvalue weighted by atomic mass is 16.6. The molecule has 1 amide bonds. The lowest BCUT2D eigenvalue weighted by Gasteiger charge is -2.24. The van der Waals surface area contributed by atoms with Gasteiger partial charge >= 0.3 is 6.09 Å². The fourth-order valence-corrected chi connectivity index (χ4v) is 2.40. The van der Waals surface area contributed by atoms with Crippen molar-refractivity contribution in [2.24, 2.45) is 23.7 Å². The Morgan fingerprint density at radius 3 is 2.24 bits per heavy atom. The molecule has 0 aliphatic heterocycles. The van der Waals surface area contributed by atoms with Gasteiger partial charge in [-0.05, 0) is 70.4 Å². The number of amides is 1. The lowest BCUT2D eigenvalue weighted by atomic mass is 9.95. The van der Waals surface area contributed by atoms with Crippen LogP contribution in [0.5, 0.6) is 0 Å². The molecular formula is C17H34N2O2. The lowest BCUT2D eigenvalue weighted by molar-refractivity contribution is 0.0514. The van der Waals surface area contributed by atoms with Crippen LogP contribution in [0.15, 0.2) is 0 Å². The van der Waals surface area contributed by atoms with Gasteiger partial charge in [-0.25, -0.2) is 4.79 Å². The maximum atomic E-state index is 11.7. The summed E-state index contributed by atoms with van der Waals surface area (Å²) in [6.45, 7) is 15.1. The third-order valence-electron chi connectivity index (χ3n) is 4.15. The molecule has 0 spiro atoms. The molecule has 4 nitrogen and oxygen atoms in total. The van der Waals surface area contributed by atoms with E-state index in [0.717, 1.165) is 24.9 Å². The van der Waals surface area contributed by atoms with Crippen molar-refractivity contribution in [3.05, 3.63) is 0 Å². The maximum absolute atomic E-state index is 11.7. The van der Waals surface area contributed by atoms with Crippen molar-refractivity contribution in [2.75, 3.05) is 19.6 Å². The van der Waals surface area contributed by atoms with Crippen molar-refractivity contribution < 1.29 is 9.53 Å². The summed E-state index contributed by atoms with van der Waals surface area (Å²) in [7, 11) is 0. The molecule has 1 saturated carbocycles. The summed E-state index contributed by atoms with van der Waals surface area (Å²) in [6, 6.07) is 0. The number of hydrogen-bond acceptors (Lipinski definition) is 3. The molecule has 2 atom stereocenters. The lowest BCUT2D eigenvalue weighted by Crippen LogP contribution is -2.40. The Labute approximate surface area is 130 Å². The average molecular weight is 298 g/mol. The Balaban J connectivity index is 2.24. The summed E-state index contributed by atoms with van der Waals surface area (Å²) in [5.74, 6) is 2.68. The highest BCUT2D eigenvalue weighted by Crippen LogP contribution is 2.36. The summed E-state index contributed by atoms with van der Waals surface area (Å²) < 4.78 is 5.28. The third-order valence-corrected chi connectivity index (χ3v) is 4.15. The van der Waals surface area contributed by atoms with Crippen LogP contribution in [-0.2, 0) is 4.74 Å². The first-order valence-corrected chi connectivity index (χ1v) is 8.36. The van der Waals surface area contributed by atoms with Crippen molar-refractivity contribution in [2.45, 2.75) is 60.0 Å². The molecule has 0 saturated heterocycles. The van der Waals surface area contributed by atoms with Gasteiger partial charge in [-0.2, -0.15) is 0 Å². The number of alkyl carbamates (subject to hydrolysis) is 1. The van der Waals surface area contributed by atoms with Gasteiger partial charge in [0, 0.05) is 6.54 Å². The molecule has 4 heteroatoms. The quantitative estimate of drug-likeness (QED) is 0.722. The van der Waals surface area contributed by atoms with Crippen molar-refractivity contribution >= 4 is 6.09 Å². The van der Waals surface area contributed by atoms with E-state index in [-0.39, 0.29) is 6.09 Å². The molecule has 1 aliphatic carbocycles. The first-order valence-electron chi connectivity index (χ1n) is 8.36. The first-order chi connectivity index (χ1) is 9.69. The van der Waals surface area contributed by atoms with Crippen molar-refractivity contribution in [1.82, 2.24) is 10.6 Å². The van der Waals surface area contributed by atoms with Gasteiger partial charge in [0.1, 0.15) is 5.60 Å². The van der Waals surface area contributed by atoms with Gasteiger partial charge in [0.25, 0.3) is 0 Å². The summed E-state index contributed by atoms with van der Waals surface area (Å²) in [5, 5.41) is 6.46. The molecule has 0 radical (unpaired) electrons.